The van der Waals surface area contributed by atoms with Gasteiger partial charge in [-0.05, 0) is 17.5 Å². The lowest BCUT2D eigenvalue weighted by Gasteiger charge is -2.20. The average Bonchev–Trinajstić information content (AvgIpc) is 2.86. The summed E-state index contributed by atoms with van der Waals surface area (Å²) >= 11 is 0. The normalized spacial score (nSPS) is 14.4. The summed E-state index contributed by atoms with van der Waals surface area (Å²) in [5.74, 6) is -1.77. The summed E-state index contributed by atoms with van der Waals surface area (Å²) in [7, 11) is 0. The maximum atomic E-state index is 12.1. The highest BCUT2D eigenvalue weighted by molar-refractivity contribution is 5.83. The Morgan fingerprint density at radius 1 is 1.24 bits per heavy atom. The van der Waals surface area contributed by atoms with Crippen LogP contribution in [-0.2, 0) is 22.7 Å². The number of aliphatic carboxylic acids is 1. The number of amides is 3. The SMILES string of the molecule is NC(=O)CC[C@H](NC(=O)N1Cc2ccccc2C1)C(=O)O. The summed E-state index contributed by atoms with van der Waals surface area (Å²) < 4.78 is 0. The predicted octanol–water partition coefficient (Wildman–Crippen LogP) is 0.430. The zero-order valence-electron chi connectivity index (χ0n) is 11.4. The van der Waals surface area contributed by atoms with Gasteiger partial charge in [0.25, 0.3) is 0 Å². The third kappa shape index (κ3) is 3.71. The quantitative estimate of drug-likeness (QED) is 0.730. The van der Waals surface area contributed by atoms with Crippen molar-refractivity contribution >= 4 is 17.9 Å². The van der Waals surface area contributed by atoms with Crippen LogP contribution in [0.3, 0.4) is 0 Å². The second kappa shape index (κ2) is 6.25. The molecule has 0 saturated carbocycles. The van der Waals surface area contributed by atoms with Gasteiger partial charge in [-0.1, -0.05) is 24.3 Å². The fourth-order valence-corrected chi connectivity index (χ4v) is 2.26. The number of carbonyl (C=O) groups excluding carboxylic acids is 2. The van der Waals surface area contributed by atoms with Crippen LogP contribution in [0.1, 0.15) is 24.0 Å². The first kappa shape index (κ1) is 14.8. The van der Waals surface area contributed by atoms with Gasteiger partial charge in [0.2, 0.25) is 5.91 Å². The van der Waals surface area contributed by atoms with Crippen LogP contribution in [0.2, 0.25) is 0 Å². The number of primary amides is 1. The standard InChI is InChI=1S/C14H17N3O4/c15-12(18)6-5-11(13(19)20)16-14(21)17-7-9-3-1-2-4-10(9)8-17/h1-4,11H,5-8H2,(H2,15,18)(H,16,21)(H,19,20)/t11-/m0/s1. The first-order valence-corrected chi connectivity index (χ1v) is 6.60. The highest BCUT2D eigenvalue weighted by atomic mass is 16.4. The van der Waals surface area contributed by atoms with E-state index in [-0.39, 0.29) is 12.8 Å². The van der Waals surface area contributed by atoms with Crippen molar-refractivity contribution in [1.82, 2.24) is 10.2 Å². The van der Waals surface area contributed by atoms with Crippen molar-refractivity contribution in [2.45, 2.75) is 32.0 Å². The monoisotopic (exact) mass is 291 g/mol. The van der Waals surface area contributed by atoms with Gasteiger partial charge in [-0.2, -0.15) is 0 Å². The van der Waals surface area contributed by atoms with Gasteiger partial charge in [-0.3, -0.25) is 4.79 Å². The Balaban J connectivity index is 1.94. The van der Waals surface area contributed by atoms with E-state index in [1.807, 2.05) is 24.3 Å². The lowest BCUT2D eigenvalue weighted by atomic mass is 10.1. The Hall–Kier alpha value is -2.57. The Bertz CT molecular complexity index is 548. The molecule has 1 atom stereocenters. The second-order valence-electron chi connectivity index (χ2n) is 4.97. The molecule has 1 heterocycles. The number of rotatable bonds is 5. The van der Waals surface area contributed by atoms with E-state index in [4.69, 9.17) is 10.8 Å². The molecule has 7 heteroatoms. The zero-order valence-corrected chi connectivity index (χ0v) is 11.4. The van der Waals surface area contributed by atoms with Crippen LogP contribution in [0.5, 0.6) is 0 Å². The van der Waals surface area contributed by atoms with E-state index in [1.165, 1.54) is 4.90 Å². The maximum Gasteiger partial charge on any atom is 0.326 e. The Morgan fingerprint density at radius 3 is 2.29 bits per heavy atom. The Morgan fingerprint density at radius 2 is 1.81 bits per heavy atom. The number of carboxylic acids is 1. The number of carbonyl (C=O) groups is 3. The first-order valence-electron chi connectivity index (χ1n) is 6.60. The van der Waals surface area contributed by atoms with Crippen molar-refractivity contribution in [2.75, 3.05) is 0 Å². The van der Waals surface area contributed by atoms with Crippen molar-refractivity contribution in [2.24, 2.45) is 5.73 Å². The van der Waals surface area contributed by atoms with E-state index in [0.717, 1.165) is 11.1 Å². The molecule has 0 saturated heterocycles. The number of nitrogens with one attached hydrogen (secondary N) is 1. The second-order valence-corrected chi connectivity index (χ2v) is 4.97. The summed E-state index contributed by atoms with van der Waals surface area (Å²) in [4.78, 5) is 35.5. The van der Waals surface area contributed by atoms with E-state index in [2.05, 4.69) is 5.32 Å². The van der Waals surface area contributed by atoms with Crippen LogP contribution in [0, 0.1) is 0 Å². The molecule has 0 bridgehead atoms. The third-order valence-corrected chi connectivity index (χ3v) is 3.40. The number of fused-ring (bicyclic) bond motifs is 1. The van der Waals surface area contributed by atoms with Gasteiger partial charge in [0.05, 0.1) is 0 Å². The topological polar surface area (TPSA) is 113 Å². The van der Waals surface area contributed by atoms with Crippen LogP contribution >= 0.6 is 0 Å². The molecule has 0 aliphatic carbocycles. The fourth-order valence-electron chi connectivity index (χ4n) is 2.26. The van der Waals surface area contributed by atoms with Crippen molar-refractivity contribution < 1.29 is 19.5 Å². The van der Waals surface area contributed by atoms with Crippen molar-refractivity contribution in [1.29, 1.82) is 0 Å². The Labute approximate surface area is 121 Å². The zero-order chi connectivity index (χ0) is 15.4. The summed E-state index contributed by atoms with van der Waals surface area (Å²) in [6.07, 6.45) is -0.103. The van der Waals surface area contributed by atoms with Crippen molar-refractivity contribution in [3.8, 4) is 0 Å². The highest BCUT2D eigenvalue weighted by Crippen LogP contribution is 2.22. The number of benzene rings is 1. The lowest BCUT2D eigenvalue weighted by molar-refractivity contribution is -0.139. The molecule has 21 heavy (non-hydrogen) atoms. The number of nitrogens with two attached hydrogens (primary N) is 1. The largest absolute Gasteiger partial charge is 0.480 e. The molecule has 112 valence electrons. The van der Waals surface area contributed by atoms with Crippen LogP contribution < -0.4 is 11.1 Å². The van der Waals surface area contributed by atoms with Gasteiger partial charge in [-0.25, -0.2) is 9.59 Å². The average molecular weight is 291 g/mol. The summed E-state index contributed by atoms with van der Waals surface area (Å²) in [5.41, 5.74) is 7.10. The molecule has 1 aliphatic heterocycles. The number of urea groups is 1. The Kier molecular flexibility index (Phi) is 4.42. The third-order valence-electron chi connectivity index (χ3n) is 3.40. The van der Waals surface area contributed by atoms with E-state index < -0.39 is 23.9 Å². The molecular weight excluding hydrogens is 274 g/mol. The van der Waals surface area contributed by atoms with Crippen LogP contribution in [0.4, 0.5) is 4.79 Å². The van der Waals surface area contributed by atoms with Gasteiger partial charge >= 0.3 is 12.0 Å². The van der Waals surface area contributed by atoms with E-state index >= 15 is 0 Å². The summed E-state index contributed by atoms with van der Waals surface area (Å²) in [5, 5.41) is 11.5. The molecule has 0 unspecified atom stereocenters. The number of nitrogens with zero attached hydrogens (tertiary/aromatic N) is 1. The van der Waals surface area contributed by atoms with Crippen LogP contribution in [-0.4, -0.2) is 34.0 Å². The van der Waals surface area contributed by atoms with Crippen molar-refractivity contribution in [3.05, 3.63) is 35.4 Å². The molecule has 3 amide bonds. The first-order chi connectivity index (χ1) is 9.97. The molecule has 0 spiro atoms. The van der Waals surface area contributed by atoms with Gasteiger partial charge in [0.1, 0.15) is 6.04 Å². The van der Waals surface area contributed by atoms with Gasteiger partial charge in [0, 0.05) is 19.5 Å². The fraction of sp³-hybridized carbons (Fsp3) is 0.357. The lowest BCUT2D eigenvalue weighted by Crippen LogP contribution is -2.46. The van der Waals surface area contributed by atoms with Gasteiger partial charge in [-0.15, -0.1) is 0 Å². The predicted molar refractivity (Wildman–Crippen MR) is 74.1 cm³/mol. The number of hydrogen-bond donors (Lipinski definition) is 3. The van der Waals surface area contributed by atoms with Gasteiger partial charge in [0.15, 0.2) is 0 Å². The number of hydrogen-bond acceptors (Lipinski definition) is 3. The minimum atomic E-state index is -1.18. The maximum absolute atomic E-state index is 12.1. The van der Waals surface area contributed by atoms with Crippen molar-refractivity contribution in [3.63, 3.8) is 0 Å². The molecule has 1 aromatic carbocycles. The number of carboxylic acid groups (broad SMARTS) is 1. The van der Waals surface area contributed by atoms with Crippen LogP contribution in [0.25, 0.3) is 0 Å². The molecular formula is C14H17N3O4. The minimum absolute atomic E-state index is 0.0167. The molecule has 2 rings (SSSR count). The minimum Gasteiger partial charge on any atom is -0.480 e. The van der Waals surface area contributed by atoms with E-state index in [0.29, 0.717) is 13.1 Å². The van der Waals surface area contributed by atoms with E-state index in [9.17, 15) is 14.4 Å². The highest BCUT2D eigenvalue weighted by Gasteiger charge is 2.27. The summed E-state index contributed by atoms with van der Waals surface area (Å²) in [6, 6.07) is 6.09. The molecule has 1 aromatic rings. The van der Waals surface area contributed by atoms with Crippen LogP contribution in [0.15, 0.2) is 24.3 Å². The molecule has 1 aliphatic rings. The molecule has 0 radical (unpaired) electrons. The summed E-state index contributed by atoms with van der Waals surface area (Å²) in [6.45, 7) is 0.897. The smallest absolute Gasteiger partial charge is 0.326 e. The van der Waals surface area contributed by atoms with Gasteiger partial charge < -0.3 is 21.1 Å². The molecule has 7 nitrogen and oxygen atoms in total. The molecule has 4 N–H and O–H groups in total. The molecule has 0 fully saturated rings. The van der Waals surface area contributed by atoms with E-state index in [1.54, 1.807) is 0 Å². The molecule has 0 aromatic heterocycles.